The normalized spacial score (nSPS) is 15.3. The summed E-state index contributed by atoms with van der Waals surface area (Å²) in [5, 5.41) is 1.79. The summed E-state index contributed by atoms with van der Waals surface area (Å²) in [6.07, 6.45) is 2.83. The molecule has 1 saturated heterocycles. The predicted molar refractivity (Wildman–Crippen MR) is 193 cm³/mol. The highest BCUT2D eigenvalue weighted by Crippen LogP contribution is 2.44. The highest BCUT2D eigenvalue weighted by atomic mass is 35.5. The van der Waals surface area contributed by atoms with Gasteiger partial charge in [-0.15, -0.1) is 11.8 Å². The summed E-state index contributed by atoms with van der Waals surface area (Å²) in [6, 6.07) is 24.2. The summed E-state index contributed by atoms with van der Waals surface area (Å²) >= 11 is 8.04. The van der Waals surface area contributed by atoms with E-state index in [1.54, 1.807) is 0 Å². The predicted octanol–water partition coefficient (Wildman–Crippen LogP) is 8.98. The van der Waals surface area contributed by atoms with Gasteiger partial charge in [0.15, 0.2) is 0 Å². The molecule has 0 radical (unpaired) electrons. The molecule has 1 amide bonds. The molecule has 1 fully saturated rings. The molecule has 250 valence electrons. The molecule has 0 bridgehead atoms. The number of likely N-dealkylation sites (tertiary alicyclic amines) is 1. The van der Waals surface area contributed by atoms with Crippen LogP contribution in [-0.2, 0) is 33.7 Å². The molecule has 47 heavy (non-hydrogen) atoms. The minimum absolute atomic E-state index is 0.0424. The van der Waals surface area contributed by atoms with Crippen molar-refractivity contribution < 1.29 is 19.1 Å². The average molecular weight is 675 g/mol. The number of aromatic nitrogens is 1. The van der Waals surface area contributed by atoms with E-state index in [0.717, 1.165) is 57.8 Å². The second-order valence-electron chi connectivity index (χ2n) is 14.0. The Hall–Kier alpha value is -3.42. The van der Waals surface area contributed by atoms with Crippen LogP contribution in [0.5, 0.6) is 5.75 Å². The number of fused-ring (bicyclic) bond motifs is 1. The van der Waals surface area contributed by atoms with Crippen LogP contribution in [0, 0.1) is 5.41 Å². The SMILES string of the molecule is CCOC(=O)C(C)(C)Cc1c(SC(C)(C)C)c2cc(OCC3CCCN3C(=O)Cc3ccccc3)ccc2n1Cc1ccc(Cl)cc1. The van der Waals surface area contributed by atoms with Crippen molar-refractivity contribution in [3.63, 3.8) is 0 Å². The molecule has 0 spiro atoms. The molecule has 5 rings (SSSR count). The quantitative estimate of drug-likeness (QED) is 0.111. The third kappa shape index (κ3) is 8.74. The number of hydrogen-bond donors (Lipinski definition) is 0. The highest BCUT2D eigenvalue weighted by molar-refractivity contribution is 8.00. The fourth-order valence-corrected chi connectivity index (χ4v) is 7.53. The number of benzene rings is 3. The summed E-state index contributed by atoms with van der Waals surface area (Å²) in [5.41, 5.74) is 3.60. The largest absolute Gasteiger partial charge is 0.491 e. The first-order valence-corrected chi connectivity index (χ1v) is 17.8. The molecule has 0 N–H and O–H groups in total. The van der Waals surface area contributed by atoms with E-state index < -0.39 is 5.41 Å². The lowest BCUT2D eigenvalue weighted by molar-refractivity contribution is -0.153. The lowest BCUT2D eigenvalue weighted by Gasteiger charge is -2.26. The first-order valence-electron chi connectivity index (χ1n) is 16.6. The number of amides is 1. The first kappa shape index (κ1) is 34.9. The maximum absolute atomic E-state index is 13.2. The average Bonchev–Trinajstić information content (AvgIpc) is 3.60. The molecule has 6 nitrogen and oxygen atoms in total. The number of carbonyl (C=O) groups is 2. The Balaban J connectivity index is 1.48. The molecule has 1 unspecified atom stereocenters. The van der Waals surface area contributed by atoms with Crippen LogP contribution in [0.4, 0.5) is 0 Å². The van der Waals surface area contributed by atoms with Crippen LogP contribution >= 0.6 is 23.4 Å². The van der Waals surface area contributed by atoms with Gasteiger partial charge in [-0.25, -0.2) is 0 Å². The molecule has 2 heterocycles. The molecular weight excluding hydrogens is 628 g/mol. The van der Waals surface area contributed by atoms with Crippen LogP contribution in [0.25, 0.3) is 10.9 Å². The van der Waals surface area contributed by atoms with Gasteiger partial charge in [0.1, 0.15) is 12.4 Å². The monoisotopic (exact) mass is 674 g/mol. The Morgan fingerprint density at radius 2 is 1.68 bits per heavy atom. The van der Waals surface area contributed by atoms with Gasteiger partial charge in [0.25, 0.3) is 0 Å². The Kier molecular flexibility index (Phi) is 11.0. The molecule has 1 atom stereocenters. The second-order valence-corrected chi connectivity index (χ2v) is 16.3. The fraction of sp³-hybridized carbons (Fsp3) is 0.436. The van der Waals surface area contributed by atoms with Gasteiger partial charge in [-0.05, 0) is 75.1 Å². The van der Waals surface area contributed by atoms with Gasteiger partial charge in [0.05, 0.1) is 24.5 Å². The van der Waals surface area contributed by atoms with Gasteiger partial charge in [-0.2, -0.15) is 0 Å². The Bertz CT molecular complexity index is 1690. The van der Waals surface area contributed by atoms with Crippen molar-refractivity contribution in [1.82, 2.24) is 9.47 Å². The minimum atomic E-state index is -0.729. The van der Waals surface area contributed by atoms with Gasteiger partial charge in [0.2, 0.25) is 5.91 Å². The topological polar surface area (TPSA) is 60.8 Å². The number of halogens is 1. The standard InChI is InChI=1S/C39H47ClN2O4S/c1-7-45-37(44)39(5,6)24-34-36(47-38(2,3)4)32-23-31(19-20-33(32)42(34)25-28-15-17-29(40)18-16-28)46-26-30-14-11-21-41(30)35(43)22-27-12-9-8-10-13-27/h8-10,12-13,15-20,23,30H,7,11,14,21-22,24-26H2,1-6H3. The lowest BCUT2D eigenvalue weighted by Crippen LogP contribution is -2.39. The molecular formula is C39H47ClN2O4S. The van der Waals surface area contributed by atoms with Crippen LogP contribution in [-0.4, -0.2) is 51.9 Å². The van der Waals surface area contributed by atoms with Crippen molar-refractivity contribution in [3.05, 3.63) is 94.6 Å². The highest BCUT2D eigenvalue weighted by Gasteiger charge is 2.34. The van der Waals surface area contributed by atoms with E-state index in [9.17, 15) is 9.59 Å². The van der Waals surface area contributed by atoms with E-state index in [2.05, 4.69) is 49.6 Å². The third-order valence-corrected chi connectivity index (χ3v) is 10.1. The van der Waals surface area contributed by atoms with E-state index in [-0.39, 0.29) is 22.7 Å². The van der Waals surface area contributed by atoms with Crippen molar-refractivity contribution in [1.29, 1.82) is 0 Å². The number of carbonyl (C=O) groups excluding carboxylic acids is 2. The molecule has 1 aliphatic heterocycles. The molecule has 0 saturated carbocycles. The summed E-state index contributed by atoms with van der Waals surface area (Å²) < 4.78 is 14.2. The van der Waals surface area contributed by atoms with E-state index in [1.807, 2.05) is 86.0 Å². The summed E-state index contributed by atoms with van der Waals surface area (Å²) in [4.78, 5) is 29.5. The number of rotatable bonds is 12. The van der Waals surface area contributed by atoms with Crippen molar-refractivity contribution in [2.45, 2.75) is 89.5 Å². The van der Waals surface area contributed by atoms with Gasteiger partial charge in [0, 0.05) is 50.8 Å². The first-order chi connectivity index (χ1) is 22.3. The van der Waals surface area contributed by atoms with Gasteiger partial charge >= 0.3 is 5.97 Å². The zero-order valence-electron chi connectivity index (χ0n) is 28.5. The van der Waals surface area contributed by atoms with E-state index in [0.29, 0.717) is 37.6 Å². The maximum atomic E-state index is 13.2. The fourth-order valence-electron chi connectivity index (χ4n) is 6.21. The van der Waals surface area contributed by atoms with Crippen LogP contribution < -0.4 is 4.74 Å². The van der Waals surface area contributed by atoms with Crippen LogP contribution in [0.15, 0.2) is 77.7 Å². The van der Waals surface area contributed by atoms with Crippen molar-refractivity contribution in [2.24, 2.45) is 5.41 Å². The van der Waals surface area contributed by atoms with Crippen molar-refractivity contribution >= 4 is 46.1 Å². The van der Waals surface area contributed by atoms with E-state index in [1.165, 1.54) is 0 Å². The molecule has 4 aromatic rings. The number of hydrogen-bond acceptors (Lipinski definition) is 5. The summed E-state index contributed by atoms with van der Waals surface area (Å²) in [7, 11) is 0. The van der Waals surface area contributed by atoms with Gasteiger partial charge in [-0.1, -0.05) is 74.8 Å². The Morgan fingerprint density at radius 1 is 0.957 bits per heavy atom. The lowest BCUT2D eigenvalue weighted by atomic mass is 9.87. The number of ether oxygens (including phenoxy) is 2. The summed E-state index contributed by atoms with van der Waals surface area (Å²) in [6.45, 7) is 14.6. The van der Waals surface area contributed by atoms with Crippen molar-refractivity contribution in [2.75, 3.05) is 19.8 Å². The van der Waals surface area contributed by atoms with Crippen LogP contribution in [0.1, 0.15) is 71.2 Å². The van der Waals surface area contributed by atoms with Crippen LogP contribution in [0.2, 0.25) is 5.02 Å². The minimum Gasteiger partial charge on any atom is -0.491 e. The van der Waals surface area contributed by atoms with Crippen LogP contribution in [0.3, 0.4) is 0 Å². The van der Waals surface area contributed by atoms with E-state index in [4.69, 9.17) is 21.1 Å². The zero-order chi connectivity index (χ0) is 33.8. The van der Waals surface area contributed by atoms with Gasteiger partial charge in [-0.3, -0.25) is 9.59 Å². The third-order valence-electron chi connectivity index (χ3n) is 8.53. The van der Waals surface area contributed by atoms with Crippen molar-refractivity contribution in [3.8, 4) is 5.75 Å². The smallest absolute Gasteiger partial charge is 0.311 e. The number of thioether (sulfide) groups is 1. The number of esters is 1. The molecule has 3 aromatic carbocycles. The second kappa shape index (κ2) is 14.8. The summed E-state index contributed by atoms with van der Waals surface area (Å²) in [5.74, 6) is 0.715. The Labute approximate surface area is 288 Å². The van der Waals surface area contributed by atoms with Gasteiger partial charge < -0.3 is 18.9 Å². The Morgan fingerprint density at radius 3 is 2.36 bits per heavy atom. The maximum Gasteiger partial charge on any atom is 0.311 e. The molecule has 0 aliphatic carbocycles. The van der Waals surface area contributed by atoms with E-state index >= 15 is 0 Å². The zero-order valence-corrected chi connectivity index (χ0v) is 30.0. The molecule has 1 aromatic heterocycles. The number of nitrogens with zero attached hydrogens (tertiary/aromatic N) is 2. The molecule has 8 heteroatoms. The molecule has 1 aliphatic rings.